The van der Waals surface area contributed by atoms with Gasteiger partial charge in [0.05, 0.1) is 0 Å². The average molecular weight is 216 g/mol. The first-order valence-electron chi connectivity index (χ1n) is 4.12. The topological polar surface area (TPSA) is 75.1 Å². The van der Waals surface area contributed by atoms with Crippen LogP contribution in [0.4, 0.5) is 0 Å². The van der Waals surface area contributed by atoms with Crippen LogP contribution in [0, 0.1) is 0 Å². The van der Waals surface area contributed by atoms with Crippen LogP contribution in [0.3, 0.4) is 0 Å². The van der Waals surface area contributed by atoms with Gasteiger partial charge in [-0.3, -0.25) is 4.79 Å². The van der Waals surface area contributed by atoms with E-state index in [0.717, 1.165) is 0 Å². The van der Waals surface area contributed by atoms with Crippen molar-refractivity contribution in [2.24, 2.45) is 0 Å². The molecule has 1 heterocycles. The van der Waals surface area contributed by atoms with E-state index in [0.29, 0.717) is 13.0 Å². The first-order chi connectivity index (χ1) is 6.74. The molecule has 6 heteroatoms. The Hall–Kier alpha value is -1.20. The Morgan fingerprint density at radius 3 is 2.86 bits per heavy atom. The van der Waals surface area contributed by atoms with Crippen LogP contribution in [-0.4, -0.2) is 34.4 Å². The van der Waals surface area contributed by atoms with Crippen molar-refractivity contribution in [1.29, 1.82) is 0 Å². The molecule has 0 saturated heterocycles. The molecule has 1 aromatic heterocycles. The molecule has 0 fully saturated rings. The molecule has 0 aliphatic heterocycles. The molecule has 0 atom stereocenters. The minimum atomic E-state index is -0.317. The average Bonchev–Trinajstić information content (AvgIpc) is 2.19. The predicted molar refractivity (Wildman–Crippen MR) is 51.1 cm³/mol. The van der Waals surface area contributed by atoms with Crippen molar-refractivity contribution in [2.45, 2.75) is 6.42 Å². The second kappa shape index (κ2) is 5.51. The first-order valence-corrected chi connectivity index (χ1v) is 4.50. The quantitative estimate of drug-likeness (QED) is 0.706. The van der Waals surface area contributed by atoms with Crippen LogP contribution in [0.5, 0.6) is 0 Å². The van der Waals surface area contributed by atoms with Crippen LogP contribution in [0.1, 0.15) is 16.9 Å². The lowest BCUT2D eigenvalue weighted by atomic mass is 10.3. The van der Waals surface area contributed by atoms with Gasteiger partial charge in [0, 0.05) is 13.2 Å². The standard InChI is InChI=1S/C8H10ClN3O2/c9-7-3-2-6(11-12-7)8(14)10-4-1-5-13/h2-3,13H,1,4-5H2,(H,10,14). The molecule has 0 aliphatic carbocycles. The summed E-state index contributed by atoms with van der Waals surface area (Å²) in [6.07, 6.45) is 0.521. The molecule has 0 radical (unpaired) electrons. The third-order valence-electron chi connectivity index (χ3n) is 1.49. The summed E-state index contributed by atoms with van der Waals surface area (Å²) in [5.41, 5.74) is 0.215. The monoisotopic (exact) mass is 215 g/mol. The Morgan fingerprint density at radius 2 is 2.29 bits per heavy atom. The second-order valence-corrected chi connectivity index (χ2v) is 2.96. The highest BCUT2D eigenvalue weighted by atomic mass is 35.5. The Morgan fingerprint density at radius 1 is 1.50 bits per heavy atom. The number of nitrogens with zero attached hydrogens (tertiary/aromatic N) is 2. The molecule has 0 spiro atoms. The van der Waals surface area contributed by atoms with E-state index in [-0.39, 0.29) is 23.4 Å². The number of rotatable bonds is 4. The van der Waals surface area contributed by atoms with E-state index in [4.69, 9.17) is 16.7 Å². The van der Waals surface area contributed by atoms with E-state index in [1.54, 1.807) is 0 Å². The van der Waals surface area contributed by atoms with E-state index in [9.17, 15) is 4.79 Å². The summed E-state index contributed by atoms with van der Waals surface area (Å²) < 4.78 is 0. The largest absolute Gasteiger partial charge is 0.396 e. The number of aromatic nitrogens is 2. The number of amides is 1. The number of hydrogen-bond donors (Lipinski definition) is 2. The number of carbonyl (C=O) groups is 1. The summed E-state index contributed by atoms with van der Waals surface area (Å²) in [6, 6.07) is 2.99. The maximum Gasteiger partial charge on any atom is 0.271 e. The van der Waals surface area contributed by atoms with Gasteiger partial charge in [0.2, 0.25) is 0 Å². The molecule has 1 aromatic rings. The Kier molecular flexibility index (Phi) is 4.28. The molecular formula is C8H10ClN3O2. The molecule has 0 unspecified atom stereocenters. The minimum Gasteiger partial charge on any atom is -0.396 e. The van der Waals surface area contributed by atoms with Crippen LogP contribution in [0.25, 0.3) is 0 Å². The van der Waals surface area contributed by atoms with Crippen molar-refractivity contribution in [3.8, 4) is 0 Å². The highest BCUT2D eigenvalue weighted by molar-refractivity contribution is 6.29. The highest BCUT2D eigenvalue weighted by Gasteiger charge is 2.06. The summed E-state index contributed by atoms with van der Waals surface area (Å²) in [4.78, 5) is 11.3. The molecule has 1 amide bonds. The van der Waals surface area contributed by atoms with E-state index >= 15 is 0 Å². The summed E-state index contributed by atoms with van der Waals surface area (Å²) in [5.74, 6) is -0.317. The van der Waals surface area contributed by atoms with Crippen LogP contribution >= 0.6 is 11.6 Å². The molecule has 1 rings (SSSR count). The molecule has 14 heavy (non-hydrogen) atoms. The van der Waals surface area contributed by atoms with E-state index in [1.807, 2.05) is 0 Å². The zero-order valence-corrected chi connectivity index (χ0v) is 8.16. The number of hydrogen-bond acceptors (Lipinski definition) is 4. The van der Waals surface area contributed by atoms with Crippen molar-refractivity contribution < 1.29 is 9.90 Å². The lowest BCUT2D eigenvalue weighted by Gasteiger charge is -2.01. The lowest BCUT2D eigenvalue weighted by Crippen LogP contribution is -2.26. The molecule has 5 nitrogen and oxygen atoms in total. The van der Waals surface area contributed by atoms with Gasteiger partial charge in [-0.05, 0) is 18.6 Å². The zero-order valence-electron chi connectivity index (χ0n) is 7.40. The summed E-state index contributed by atoms with van der Waals surface area (Å²) in [6.45, 7) is 0.465. The van der Waals surface area contributed by atoms with Gasteiger partial charge in [0.25, 0.3) is 5.91 Å². The minimum absolute atomic E-state index is 0.0482. The fourth-order valence-electron chi connectivity index (χ4n) is 0.809. The zero-order chi connectivity index (χ0) is 10.4. The molecule has 0 bridgehead atoms. The fourth-order valence-corrected chi connectivity index (χ4v) is 0.909. The van der Waals surface area contributed by atoms with Crippen molar-refractivity contribution in [3.05, 3.63) is 23.0 Å². The lowest BCUT2D eigenvalue weighted by molar-refractivity contribution is 0.0945. The van der Waals surface area contributed by atoms with Crippen LogP contribution < -0.4 is 5.32 Å². The molecule has 76 valence electrons. The Labute approximate surface area is 86.1 Å². The number of carbonyl (C=O) groups excluding carboxylic acids is 1. The van der Waals surface area contributed by atoms with Crippen LogP contribution in [-0.2, 0) is 0 Å². The van der Waals surface area contributed by atoms with Crippen molar-refractivity contribution >= 4 is 17.5 Å². The fraction of sp³-hybridized carbons (Fsp3) is 0.375. The normalized spacial score (nSPS) is 9.86. The third-order valence-corrected chi connectivity index (χ3v) is 1.69. The summed E-state index contributed by atoms with van der Waals surface area (Å²) in [7, 11) is 0. The molecule has 0 aliphatic rings. The SMILES string of the molecule is O=C(NCCCO)c1ccc(Cl)nn1. The number of aliphatic hydroxyl groups is 1. The molecular weight excluding hydrogens is 206 g/mol. The highest BCUT2D eigenvalue weighted by Crippen LogP contribution is 2.01. The van der Waals surface area contributed by atoms with Crippen molar-refractivity contribution in [1.82, 2.24) is 15.5 Å². The maximum atomic E-state index is 11.3. The first kappa shape index (κ1) is 10.9. The van der Waals surface area contributed by atoms with Crippen molar-refractivity contribution in [2.75, 3.05) is 13.2 Å². The van der Waals surface area contributed by atoms with Gasteiger partial charge in [-0.2, -0.15) is 0 Å². The van der Waals surface area contributed by atoms with Crippen molar-refractivity contribution in [3.63, 3.8) is 0 Å². The maximum absolute atomic E-state index is 11.3. The van der Waals surface area contributed by atoms with Gasteiger partial charge in [-0.1, -0.05) is 11.6 Å². The summed E-state index contributed by atoms with van der Waals surface area (Å²) in [5, 5.41) is 18.4. The van der Waals surface area contributed by atoms with Gasteiger partial charge in [0.1, 0.15) is 0 Å². The van der Waals surface area contributed by atoms with Gasteiger partial charge < -0.3 is 10.4 Å². The third kappa shape index (κ3) is 3.27. The van der Waals surface area contributed by atoms with Gasteiger partial charge in [-0.25, -0.2) is 0 Å². The Balaban J connectivity index is 2.48. The second-order valence-electron chi connectivity index (χ2n) is 2.57. The molecule has 0 saturated carbocycles. The number of halogens is 1. The van der Waals surface area contributed by atoms with Crippen LogP contribution in [0.2, 0.25) is 5.15 Å². The number of nitrogens with one attached hydrogen (secondary N) is 1. The van der Waals surface area contributed by atoms with E-state index in [1.165, 1.54) is 12.1 Å². The molecule has 0 aromatic carbocycles. The van der Waals surface area contributed by atoms with Crippen LogP contribution in [0.15, 0.2) is 12.1 Å². The van der Waals surface area contributed by atoms with Gasteiger partial charge in [-0.15, -0.1) is 10.2 Å². The molecule has 2 N–H and O–H groups in total. The van der Waals surface area contributed by atoms with E-state index < -0.39 is 0 Å². The predicted octanol–water partition coefficient (Wildman–Crippen LogP) is 0.242. The van der Waals surface area contributed by atoms with Gasteiger partial charge >= 0.3 is 0 Å². The summed E-state index contributed by atoms with van der Waals surface area (Å²) >= 11 is 5.50. The Bertz CT molecular complexity index is 302. The van der Waals surface area contributed by atoms with Gasteiger partial charge in [0.15, 0.2) is 10.8 Å². The van der Waals surface area contributed by atoms with E-state index in [2.05, 4.69) is 15.5 Å². The smallest absolute Gasteiger partial charge is 0.271 e. The number of aliphatic hydroxyl groups excluding tert-OH is 1.